The molecule has 0 unspecified atom stereocenters. The summed E-state index contributed by atoms with van der Waals surface area (Å²) in [6, 6.07) is 15.0. The van der Waals surface area contributed by atoms with E-state index in [-0.39, 0.29) is 5.91 Å². The van der Waals surface area contributed by atoms with Crippen LogP contribution in [-0.2, 0) is 0 Å². The number of hydrogen-bond donors (Lipinski definition) is 0. The van der Waals surface area contributed by atoms with Crippen molar-refractivity contribution in [3.8, 4) is 0 Å². The van der Waals surface area contributed by atoms with Gasteiger partial charge in [0.05, 0.1) is 22.7 Å². The molecule has 28 heavy (non-hydrogen) atoms. The van der Waals surface area contributed by atoms with Crippen LogP contribution in [0.5, 0.6) is 0 Å². The van der Waals surface area contributed by atoms with Gasteiger partial charge in [-0.1, -0.05) is 33.3 Å². The number of anilines is 1. The Kier molecular flexibility index (Phi) is 5.11. The Morgan fingerprint density at radius 3 is 2.79 bits per heavy atom. The number of fused-ring (bicyclic) bond motifs is 1. The summed E-state index contributed by atoms with van der Waals surface area (Å²) in [6.45, 7) is 4.00. The predicted octanol–water partition coefficient (Wildman–Crippen LogP) is 5.95. The van der Waals surface area contributed by atoms with Crippen LogP contribution in [0.25, 0.3) is 10.2 Å². The van der Waals surface area contributed by atoms with Gasteiger partial charge in [-0.05, 0) is 67.4 Å². The van der Waals surface area contributed by atoms with Crippen molar-refractivity contribution in [3.63, 3.8) is 0 Å². The van der Waals surface area contributed by atoms with Crippen molar-refractivity contribution in [2.24, 2.45) is 5.10 Å². The van der Waals surface area contributed by atoms with E-state index in [0.717, 1.165) is 25.8 Å². The number of halogens is 1. The Hall–Kier alpha value is -2.77. The number of nitrogens with zero attached hydrogens (tertiary/aromatic N) is 3. The lowest BCUT2D eigenvalue weighted by atomic mass is 10.1. The van der Waals surface area contributed by atoms with Crippen molar-refractivity contribution in [1.82, 2.24) is 4.98 Å². The van der Waals surface area contributed by atoms with Crippen LogP contribution in [0.4, 0.5) is 5.13 Å². The molecule has 2 aromatic carbocycles. The summed E-state index contributed by atoms with van der Waals surface area (Å²) in [7, 11) is 0. The molecule has 0 aliphatic rings. The monoisotopic (exact) mass is 453 g/mol. The number of hydrogen-bond acceptors (Lipinski definition) is 5. The van der Waals surface area contributed by atoms with Gasteiger partial charge in [0.15, 0.2) is 0 Å². The third-order valence-corrected chi connectivity index (χ3v) is 5.80. The number of aryl methyl sites for hydroxylation is 2. The van der Waals surface area contributed by atoms with E-state index in [4.69, 9.17) is 4.42 Å². The fourth-order valence-corrected chi connectivity index (χ4v) is 4.12. The molecule has 0 fully saturated rings. The lowest BCUT2D eigenvalue weighted by Crippen LogP contribution is -2.25. The fourth-order valence-electron chi connectivity index (χ4n) is 2.64. The van der Waals surface area contributed by atoms with Gasteiger partial charge in [-0.25, -0.2) is 4.98 Å². The average Bonchev–Trinajstić information content (AvgIpc) is 3.33. The van der Waals surface area contributed by atoms with E-state index in [1.807, 2.05) is 50.2 Å². The van der Waals surface area contributed by atoms with Crippen LogP contribution in [0, 0.1) is 13.8 Å². The van der Waals surface area contributed by atoms with Crippen molar-refractivity contribution in [3.05, 3.63) is 81.7 Å². The van der Waals surface area contributed by atoms with E-state index >= 15 is 0 Å². The van der Waals surface area contributed by atoms with Crippen molar-refractivity contribution in [1.29, 1.82) is 0 Å². The Morgan fingerprint density at radius 1 is 1.18 bits per heavy atom. The van der Waals surface area contributed by atoms with Crippen LogP contribution in [0.3, 0.4) is 0 Å². The van der Waals surface area contributed by atoms with Crippen LogP contribution in [0.15, 0.2) is 68.8 Å². The average molecular weight is 454 g/mol. The van der Waals surface area contributed by atoms with E-state index in [0.29, 0.717) is 16.5 Å². The van der Waals surface area contributed by atoms with E-state index in [1.165, 1.54) is 22.6 Å². The molecule has 0 aliphatic heterocycles. The second kappa shape index (κ2) is 7.69. The lowest BCUT2D eigenvalue weighted by molar-refractivity contribution is 0.0987. The minimum Gasteiger partial charge on any atom is -0.463 e. The molecule has 0 bridgehead atoms. The first-order chi connectivity index (χ1) is 13.5. The number of hydrazone groups is 1. The summed E-state index contributed by atoms with van der Waals surface area (Å²) < 4.78 is 7.23. The van der Waals surface area contributed by atoms with Crippen molar-refractivity contribution in [2.75, 3.05) is 5.01 Å². The van der Waals surface area contributed by atoms with E-state index in [9.17, 15) is 4.79 Å². The molecule has 5 nitrogen and oxygen atoms in total. The zero-order chi connectivity index (χ0) is 19.7. The van der Waals surface area contributed by atoms with Crippen LogP contribution in [-0.4, -0.2) is 17.1 Å². The third kappa shape index (κ3) is 3.76. The number of benzene rings is 2. The van der Waals surface area contributed by atoms with E-state index < -0.39 is 0 Å². The van der Waals surface area contributed by atoms with Gasteiger partial charge in [-0.15, -0.1) is 0 Å². The molecule has 0 spiro atoms. The van der Waals surface area contributed by atoms with Gasteiger partial charge >= 0.3 is 0 Å². The SMILES string of the molecule is Cc1ccc(C(=O)N(/N=C/c2ccco2)c2nc3ccc(Br)cc3s2)cc1C. The first kappa shape index (κ1) is 18.6. The van der Waals surface area contributed by atoms with Gasteiger partial charge in [-0.3, -0.25) is 4.79 Å². The number of carbonyl (C=O) groups excluding carboxylic acids is 1. The van der Waals surface area contributed by atoms with Crippen LogP contribution in [0.2, 0.25) is 0 Å². The molecular formula is C21H16BrN3O2S. The van der Waals surface area contributed by atoms with E-state index in [1.54, 1.807) is 18.4 Å². The molecule has 0 saturated heterocycles. The summed E-state index contributed by atoms with van der Waals surface area (Å²) in [4.78, 5) is 17.9. The molecular weight excluding hydrogens is 438 g/mol. The quantitative estimate of drug-likeness (QED) is 0.283. The smallest absolute Gasteiger partial charge is 0.280 e. The molecule has 2 heterocycles. The molecule has 2 aromatic heterocycles. The van der Waals surface area contributed by atoms with Gasteiger partial charge in [0.25, 0.3) is 5.91 Å². The maximum atomic E-state index is 13.3. The van der Waals surface area contributed by atoms with Gasteiger partial charge in [0.1, 0.15) is 5.76 Å². The number of furan rings is 1. The molecule has 0 atom stereocenters. The highest BCUT2D eigenvalue weighted by Gasteiger charge is 2.21. The molecule has 4 rings (SSSR count). The Balaban J connectivity index is 1.77. The summed E-state index contributed by atoms with van der Waals surface area (Å²) in [5.74, 6) is 0.311. The van der Waals surface area contributed by atoms with Gasteiger partial charge in [0, 0.05) is 10.0 Å². The molecule has 7 heteroatoms. The fraction of sp³-hybridized carbons (Fsp3) is 0.0952. The van der Waals surface area contributed by atoms with Crippen molar-refractivity contribution in [2.45, 2.75) is 13.8 Å². The second-order valence-electron chi connectivity index (χ2n) is 6.28. The van der Waals surface area contributed by atoms with Crippen LogP contribution < -0.4 is 5.01 Å². The Labute approximate surface area is 174 Å². The normalized spacial score (nSPS) is 11.4. The first-order valence-corrected chi connectivity index (χ1v) is 10.2. The van der Waals surface area contributed by atoms with E-state index in [2.05, 4.69) is 26.0 Å². The maximum Gasteiger partial charge on any atom is 0.280 e. The summed E-state index contributed by atoms with van der Waals surface area (Å²) >= 11 is 4.88. The molecule has 0 N–H and O–H groups in total. The number of rotatable bonds is 4. The summed E-state index contributed by atoms with van der Waals surface area (Å²) in [5.41, 5.74) is 3.55. The zero-order valence-electron chi connectivity index (χ0n) is 15.2. The zero-order valence-corrected chi connectivity index (χ0v) is 17.6. The second-order valence-corrected chi connectivity index (χ2v) is 8.21. The highest BCUT2D eigenvalue weighted by atomic mass is 79.9. The number of amides is 1. The minimum atomic E-state index is -0.246. The van der Waals surface area contributed by atoms with Crippen molar-refractivity contribution < 1.29 is 9.21 Å². The van der Waals surface area contributed by atoms with Gasteiger partial charge in [-0.2, -0.15) is 10.1 Å². The molecule has 0 aliphatic carbocycles. The van der Waals surface area contributed by atoms with Crippen LogP contribution >= 0.6 is 27.3 Å². The van der Waals surface area contributed by atoms with Crippen molar-refractivity contribution >= 4 is 54.7 Å². The molecule has 1 amide bonds. The number of thiazole rings is 1. The topological polar surface area (TPSA) is 58.7 Å². The third-order valence-electron chi connectivity index (χ3n) is 4.31. The maximum absolute atomic E-state index is 13.3. The highest BCUT2D eigenvalue weighted by molar-refractivity contribution is 9.10. The molecule has 0 radical (unpaired) electrons. The highest BCUT2D eigenvalue weighted by Crippen LogP contribution is 2.32. The molecule has 4 aromatic rings. The number of carbonyl (C=O) groups is 1. The van der Waals surface area contributed by atoms with Crippen LogP contribution in [0.1, 0.15) is 27.2 Å². The van der Waals surface area contributed by atoms with Gasteiger partial charge in [0.2, 0.25) is 5.13 Å². The molecule has 0 saturated carbocycles. The van der Waals surface area contributed by atoms with Gasteiger partial charge < -0.3 is 4.42 Å². The Bertz CT molecular complexity index is 1180. The largest absolute Gasteiger partial charge is 0.463 e. The lowest BCUT2D eigenvalue weighted by Gasteiger charge is -2.14. The number of aromatic nitrogens is 1. The summed E-state index contributed by atoms with van der Waals surface area (Å²) in [6.07, 6.45) is 3.08. The predicted molar refractivity (Wildman–Crippen MR) is 116 cm³/mol. The standard InChI is InChI=1S/C21H16BrN3O2S/c1-13-5-6-15(10-14(13)2)20(26)25(23-12-17-4-3-9-27-17)21-24-18-8-7-16(22)11-19(18)28-21/h3-12H,1-2H3/b23-12+. The Morgan fingerprint density at radius 2 is 2.04 bits per heavy atom. The summed E-state index contributed by atoms with van der Waals surface area (Å²) in [5, 5.41) is 6.21. The first-order valence-electron chi connectivity index (χ1n) is 8.56. The molecule has 140 valence electrons. The minimum absolute atomic E-state index is 0.246.